The Morgan fingerprint density at radius 1 is 1.35 bits per heavy atom. The highest BCUT2D eigenvalue weighted by atomic mass is 16.6. The van der Waals surface area contributed by atoms with Gasteiger partial charge in [0.25, 0.3) is 0 Å². The lowest BCUT2D eigenvalue weighted by Gasteiger charge is -2.41. The summed E-state index contributed by atoms with van der Waals surface area (Å²) in [7, 11) is 1.97. The van der Waals surface area contributed by atoms with E-state index in [1.807, 2.05) is 38.6 Å². The van der Waals surface area contributed by atoms with Crippen LogP contribution in [0, 0.1) is 0 Å². The second-order valence-electron chi connectivity index (χ2n) is 7.25. The van der Waals surface area contributed by atoms with Crippen LogP contribution < -0.4 is 0 Å². The normalized spacial score (nSPS) is 18.0. The molecule has 130 valence electrons. The van der Waals surface area contributed by atoms with E-state index in [0.717, 1.165) is 25.1 Å². The van der Waals surface area contributed by atoms with Gasteiger partial charge in [-0.1, -0.05) is 6.92 Å². The zero-order chi connectivity index (χ0) is 17.1. The number of hydrogen-bond acceptors (Lipinski definition) is 4. The minimum Gasteiger partial charge on any atom is -0.444 e. The molecule has 1 aliphatic heterocycles. The first-order valence-electron chi connectivity index (χ1n) is 8.33. The highest BCUT2D eigenvalue weighted by molar-refractivity contribution is 5.68. The van der Waals surface area contributed by atoms with Crippen molar-refractivity contribution in [2.75, 3.05) is 13.1 Å². The lowest BCUT2D eigenvalue weighted by molar-refractivity contribution is -0.0977. The number of aromatic nitrogens is 2. The fraction of sp³-hybridized carbons (Fsp3) is 0.765. The monoisotopic (exact) mass is 323 g/mol. The molecule has 2 heterocycles. The molecular weight excluding hydrogens is 294 g/mol. The number of hydrogen-bond donors (Lipinski definition) is 0. The van der Waals surface area contributed by atoms with E-state index in [0.29, 0.717) is 19.7 Å². The average molecular weight is 323 g/mol. The number of piperidine rings is 1. The van der Waals surface area contributed by atoms with E-state index >= 15 is 0 Å². The van der Waals surface area contributed by atoms with Gasteiger partial charge in [-0.2, -0.15) is 0 Å². The molecule has 0 radical (unpaired) electrons. The summed E-state index contributed by atoms with van der Waals surface area (Å²) in [6, 6.07) is 0. The summed E-state index contributed by atoms with van der Waals surface area (Å²) in [5, 5.41) is 0. The van der Waals surface area contributed by atoms with E-state index in [9.17, 15) is 4.79 Å². The highest BCUT2D eigenvalue weighted by Gasteiger charge is 2.36. The quantitative estimate of drug-likeness (QED) is 0.854. The molecule has 1 amide bonds. The van der Waals surface area contributed by atoms with Gasteiger partial charge in [-0.25, -0.2) is 9.78 Å². The number of aryl methyl sites for hydroxylation is 1. The fourth-order valence-corrected chi connectivity index (χ4v) is 2.78. The largest absolute Gasteiger partial charge is 0.444 e. The summed E-state index contributed by atoms with van der Waals surface area (Å²) in [5.74, 6) is 0.924. The van der Waals surface area contributed by atoms with Gasteiger partial charge in [-0.05, 0) is 40.0 Å². The van der Waals surface area contributed by atoms with Crippen molar-refractivity contribution in [1.82, 2.24) is 14.5 Å². The molecule has 0 aliphatic carbocycles. The van der Waals surface area contributed by atoms with Gasteiger partial charge >= 0.3 is 6.09 Å². The van der Waals surface area contributed by atoms with Crippen molar-refractivity contribution in [1.29, 1.82) is 0 Å². The van der Waals surface area contributed by atoms with E-state index in [1.54, 1.807) is 11.1 Å². The molecule has 1 aromatic rings. The maximum absolute atomic E-state index is 12.2. The predicted octanol–water partition coefficient (Wildman–Crippen LogP) is 3.12. The number of carbonyl (C=O) groups is 1. The van der Waals surface area contributed by atoms with Crippen LogP contribution >= 0.6 is 0 Å². The topological polar surface area (TPSA) is 56.6 Å². The van der Waals surface area contributed by atoms with Crippen molar-refractivity contribution in [2.24, 2.45) is 7.05 Å². The van der Waals surface area contributed by atoms with Crippen LogP contribution in [0.25, 0.3) is 0 Å². The van der Waals surface area contributed by atoms with Crippen LogP contribution in [0.1, 0.15) is 52.8 Å². The van der Waals surface area contributed by atoms with Crippen LogP contribution in [0.15, 0.2) is 12.4 Å². The minimum absolute atomic E-state index is 0.176. The first-order valence-corrected chi connectivity index (χ1v) is 8.33. The Balaban J connectivity index is 1.89. The molecule has 0 saturated carbocycles. The van der Waals surface area contributed by atoms with E-state index in [2.05, 4.69) is 11.9 Å². The Bertz CT molecular complexity index is 525. The Morgan fingerprint density at radius 2 is 2.00 bits per heavy atom. The molecule has 2 rings (SSSR count). The zero-order valence-corrected chi connectivity index (χ0v) is 15.0. The summed E-state index contributed by atoms with van der Waals surface area (Å²) in [6.07, 6.45) is 6.05. The highest BCUT2D eigenvalue weighted by Crippen LogP contribution is 2.31. The van der Waals surface area contributed by atoms with Crippen molar-refractivity contribution in [3.05, 3.63) is 18.2 Å². The van der Waals surface area contributed by atoms with Crippen molar-refractivity contribution in [2.45, 2.75) is 64.8 Å². The number of ether oxygens (including phenoxy) is 2. The molecule has 0 aromatic carbocycles. The summed E-state index contributed by atoms with van der Waals surface area (Å²) in [5.41, 5.74) is -0.629. The summed E-state index contributed by atoms with van der Waals surface area (Å²) in [6.45, 7) is 9.65. The van der Waals surface area contributed by atoms with Crippen LogP contribution in [0.4, 0.5) is 4.79 Å². The summed E-state index contributed by atoms with van der Waals surface area (Å²) < 4.78 is 13.6. The van der Waals surface area contributed by atoms with Crippen molar-refractivity contribution < 1.29 is 14.3 Å². The molecule has 0 bridgehead atoms. The van der Waals surface area contributed by atoms with Gasteiger partial charge in [-0.3, -0.25) is 0 Å². The van der Waals surface area contributed by atoms with Crippen molar-refractivity contribution in [3.63, 3.8) is 0 Å². The molecule has 1 saturated heterocycles. The number of amides is 1. The van der Waals surface area contributed by atoms with Crippen LogP contribution in [0.2, 0.25) is 0 Å². The van der Waals surface area contributed by atoms with Gasteiger partial charge in [0.15, 0.2) is 0 Å². The molecule has 0 N–H and O–H groups in total. The summed E-state index contributed by atoms with van der Waals surface area (Å²) >= 11 is 0. The number of carbonyl (C=O) groups excluding carboxylic acids is 1. The van der Waals surface area contributed by atoms with E-state index < -0.39 is 5.60 Å². The first kappa shape index (κ1) is 17.8. The zero-order valence-electron chi connectivity index (χ0n) is 15.0. The molecule has 1 aromatic heterocycles. The third kappa shape index (κ3) is 4.70. The molecule has 0 atom stereocenters. The third-order valence-corrected chi connectivity index (χ3v) is 4.40. The Labute approximate surface area is 138 Å². The third-order valence-electron chi connectivity index (χ3n) is 4.40. The van der Waals surface area contributed by atoms with Crippen LogP contribution in [0.5, 0.6) is 0 Å². The van der Waals surface area contributed by atoms with Crippen LogP contribution in [-0.2, 0) is 23.1 Å². The molecule has 1 aliphatic rings. The lowest BCUT2D eigenvalue weighted by atomic mass is 9.88. The van der Waals surface area contributed by atoms with Crippen molar-refractivity contribution >= 4 is 6.09 Å². The Kier molecular flexibility index (Phi) is 5.34. The standard InChI is InChI=1S/C17H29N3O3/c1-6-17(22-13-14-18-9-12-19(14)5)7-10-20(11-8-17)15(21)23-16(2,3)4/h9,12H,6-8,10-11,13H2,1-5H3. The van der Waals surface area contributed by atoms with E-state index in [-0.39, 0.29) is 11.7 Å². The van der Waals surface area contributed by atoms with Gasteiger partial charge in [0.05, 0.1) is 5.60 Å². The number of rotatable bonds is 4. The van der Waals surface area contributed by atoms with Crippen LogP contribution in [0.3, 0.4) is 0 Å². The number of likely N-dealkylation sites (tertiary alicyclic amines) is 1. The second kappa shape index (κ2) is 6.91. The molecule has 0 spiro atoms. The summed E-state index contributed by atoms with van der Waals surface area (Å²) in [4.78, 5) is 18.2. The van der Waals surface area contributed by atoms with E-state index in [4.69, 9.17) is 9.47 Å². The second-order valence-corrected chi connectivity index (χ2v) is 7.25. The minimum atomic E-state index is -0.453. The van der Waals surface area contributed by atoms with Gasteiger partial charge in [-0.15, -0.1) is 0 Å². The fourth-order valence-electron chi connectivity index (χ4n) is 2.78. The smallest absolute Gasteiger partial charge is 0.410 e. The SMILES string of the molecule is CCC1(OCc2nccn2C)CCN(C(=O)OC(C)(C)C)CC1. The van der Waals surface area contributed by atoms with Gasteiger partial charge in [0, 0.05) is 32.5 Å². The lowest BCUT2D eigenvalue weighted by Crippen LogP contribution is -2.49. The van der Waals surface area contributed by atoms with Crippen LogP contribution in [-0.4, -0.2) is 44.8 Å². The van der Waals surface area contributed by atoms with Gasteiger partial charge < -0.3 is 18.9 Å². The molecule has 23 heavy (non-hydrogen) atoms. The Hall–Kier alpha value is -1.56. The first-order chi connectivity index (χ1) is 10.7. The molecule has 6 nitrogen and oxygen atoms in total. The predicted molar refractivity (Wildman–Crippen MR) is 88.1 cm³/mol. The molecule has 1 fully saturated rings. The maximum Gasteiger partial charge on any atom is 0.410 e. The molecule has 6 heteroatoms. The average Bonchev–Trinajstić information content (AvgIpc) is 2.89. The molecular formula is C17H29N3O3. The maximum atomic E-state index is 12.2. The van der Waals surface area contributed by atoms with Gasteiger partial charge in [0.2, 0.25) is 0 Å². The van der Waals surface area contributed by atoms with Crippen molar-refractivity contribution in [3.8, 4) is 0 Å². The van der Waals surface area contributed by atoms with Gasteiger partial charge in [0.1, 0.15) is 18.0 Å². The Morgan fingerprint density at radius 3 is 2.48 bits per heavy atom. The number of nitrogens with zero attached hydrogens (tertiary/aromatic N) is 3. The molecule has 0 unspecified atom stereocenters. The van der Waals surface area contributed by atoms with E-state index in [1.165, 1.54) is 0 Å². The number of imidazole rings is 1.